The molecule has 2 rings (SSSR count). The van der Waals surface area contributed by atoms with Crippen molar-refractivity contribution in [3.63, 3.8) is 0 Å². The number of hydrogen-bond acceptors (Lipinski definition) is 2. The lowest BCUT2D eigenvalue weighted by molar-refractivity contribution is 0.111. The first kappa shape index (κ1) is 8.48. The van der Waals surface area contributed by atoms with Crippen LogP contribution in [0.4, 0.5) is 0 Å². The number of aryl methyl sites for hydroxylation is 1. The molecule has 1 fully saturated rings. The van der Waals surface area contributed by atoms with Crippen LogP contribution in [0, 0.1) is 6.92 Å². The molecule has 0 unspecified atom stereocenters. The van der Waals surface area contributed by atoms with E-state index in [4.69, 9.17) is 0 Å². The van der Waals surface area contributed by atoms with Crippen molar-refractivity contribution in [3.8, 4) is 0 Å². The summed E-state index contributed by atoms with van der Waals surface area (Å²) in [5.41, 5.74) is 1.47. The van der Waals surface area contributed by atoms with E-state index >= 15 is 0 Å². The molecule has 1 heterocycles. The minimum absolute atomic E-state index is 0.562. The normalized spacial score (nSPS) is 17.9. The average Bonchev–Trinajstić information content (AvgIpc) is 2.71. The van der Waals surface area contributed by atoms with Crippen molar-refractivity contribution < 1.29 is 4.79 Å². The van der Waals surface area contributed by atoms with Gasteiger partial charge in [-0.05, 0) is 19.8 Å². The standard InChI is InChI=1S/C10H14N2O/c1-7-9(6-13)12-10(11-7)8-4-2-3-5-8/h6,8H,2-5H2,1H3,(H,11,12). The third kappa shape index (κ3) is 1.50. The molecule has 1 aromatic heterocycles. The summed E-state index contributed by atoms with van der Waals surface area (Å²) in [6, 6.07) is 0. The van der Waals surface area contributed by atoms with Gasteiger partial charge in [-0.3, -0.25) is 4.79 Å². The maximum absolute atomic E-state index is 10.6. The van der Waals surface area contributed by atoms with Crippen molar-refractivity contribution in [2.24, 2.45) is 0 Å². The molecular weight excluding hydrogens is 164 g/mol. The average molecular weight is 178 g/mol. The molecule has 0 amide bonds. The highest BCUT2D eigenvalue weighted by molar-refractivity contribution is 5.73. The molecule has 13 heavy (non-hydrogen) atoms. The molecule has 0 bridgehead atoms. The van der Waals surface area contributed by atoms with E-state index in [-0.39, 0.29) is 0 Å². The van der Waals surface area contributed by atoms with Crippen LogP contribution in [0.25, 0.3) is 0 Å². The number of aldehydes is 1. The van der Waals surface area contributed by atoms with Gasteiger partial charge >= 0.3 is 0 Å². The van der Waals surface area contributed by atoms with Gasteiger partial charge in [-0.15, -0.1) is 0 Å². The molecule has 1 aliphatic rings. The fourth-order valence-corrected chi connectivity index (χ4v) is 2.01. The molecule has 70 valence electrons. The van der Waals surface area contributed by atoms with E-state index in [1.807, 2.05) is 6.92 Å². The van der Waals surface area contributed by atoms with E-state index < -0.39 is 0 Å². The van der Waals surface area contributed by atoms with Gasteiger partial charge in [0.15, 0.2) is 6.29 Å². The lowest BCUT2D eigenvalue weighted by Gasteiger charge is -2.02. The van der Waals surface area contributed by atoms with Crippen molar-refractivity contribution in [2.75, 3.05) is 0 Å². The molecule has 3 nitrogen and oxygen atoms in total. The summed E-state index contributed by atoms with van der Waals surface area (Å²) in [6.45, 7) is 1.90. The molecule has 0 aromatic carbocycles. The third-order valence-corrected chi connectivity index (χ3v) is 2.79. The van der Waals surface area contributed by atoms with Crippen LogP contribution < -0.4 is 0 Å². The maximum atomic E-state index is 10.6. The lowest BCUT2D eigenvalue weighted by atomic mass is 10.1. The fourth-order valence-electron chi connectivity index (χ4n) is 2.01. The molecule has 0 atom stereocenters. The highest BCUT2D eigenvalue weighted by Gasteiger charge is 2.20. The quantitative estimate of drug-likeness (QED) is 0.705. The molecule has 0 spiro atoms. The van der Waals surface area contributed by atoms with E-state index in [0.717, 1.165) is 17.8 Å². The zero-order valence-electron chi connectivity index (χ0n) is 7.84. The fraction of sp³-hybridized carbons (Fsp3) is 0.600. The number of carbonyl (C=O) groups is 1. The number of aromatic amines is 1. The first-order chi connectivity index (χ1) is 6.31. The summed E-state index contributed by atoms with van der Waals surface area (Å²) in [7, 11) is 0. The molecule has 0 saturated heterocycles. The molecule has 1 aromatic rings. The van der Waals surface area contributed by atoms with Crippen LogP contribution in [-0.4, -0.2) is 16.3 Å². The van der Waals surface area contributed by atoms with Crippen LogP contribution in [-0.2, 0) is 0 Å². The molecule has 0 radical (unpaired) electrons. The number of carbonyl (C=O) groups excluding carboxylic acids is 1. The number of aromatic nitrogens is 2. The van der Waals surface area contributed by atoms with Gasteiger partial charge in [-0.1, -0.05) is 12.8 Å². The number of hydrogen-bond donors (Lipinski definition) is 1. The minimum atomic E-state index is 0.562. The van der Waals surface area contributed by atoms with Crippen LogP contribution in [0.15, 0.2) is 0 Å². The summed E-state index contributed by atoms with van der Waals surface area (Å²) in [5.74, 6) is 1.57. The molecule has 1 N–H and O–H groups in total. The number of nitrogens with one attached hydrogen (secondary N) is 1. The van der Waals surface area contributed by atoms with Gasteiger partial charge in [0.1, 0.15) is 11.5 Å². The Morgan fingerprint density at radius 3 is 2.69 bits per heavy atom. The summed E-state index contributed by atoms with van der Waals surface area (Å²) >= 11 is 0. The Balaban J connectivity index is 2.24. The van der Waals surface area contributed by atoms with Crippen LogP contribution in [0.5, 0.6) is 0 Å². The second kappa shape index (κ2) is 3.32. The Kier molecular flexibility index (Phi) is 2.17. The molecular formula is C10H14N2O. The predicted molar refractivity (Wildman–Crippen MR) is 49.9 cm³/mol. The van der Waals surface area contributed by atoms with Crippen LogP contribution >= 0.6 is 0 Å². The summed E-state index contributed by atoms with van der Waals surface area (Å²) in [6.07, 6.45) is 5.84. The van der Waals surface area contributed by atoms with Crippen molar-refractivity contribution in [2.45, 2.75) is 38.5 Å². The Morgan fingerprint density at radius 2 is 2.15 bits per heavy atom. The lowest BCUT2D eigenvalue weighted by Crippen LogP contribution is -1.94. The number of imidazole rings is 1. The first-order valence-corrected chi connectivity index (χ1v) is 4.83. The predicted octanol–water partition coefficient (Wildman–Crippen LogP) is 2.19. The van der Waals surface area contributed by atoms with E-state index in [1.165, 1.54) is 25.7 Å². The second-order valence-electron chi connectivity index (χ2n) is 3.73. The zero-order chi connectivity index (χ0) is 9.26. The van der Waals surface area contributed by atoms with E-state index in [9.17, 15) is 4.79 Å². The van der Waals surface area contributed by atoms with Gasteiger partial charge < -0.3 is 4.98 Å². The van der Waals surface area contributed by atoms with Gasteiger partial charge in [0.2, 0.25) is 0 Å². The van der Waals surface area contributed by atoms with Gasteiger partial charge in [0, 0.05) is 11.6 Å². The second-order valence-corrected chi connectivity index (χ2v) is 3.73. The van der Waals surface area contributed by atoms with Gasteiger partial charge in [-0.2, -0.15) is 0 Å². The minimum Gasteiger partial charge on any atom is -0.345 e. The molecule has 1 saturated carbocycles. The molecule has 3 heteroatoms. The summed E-state index contributed by atoms with van der Waals surface area (Å²) in [5, 5.41) is 0. The zero-order valence-corrected chi connectivity index (χ0v) is 7.84. The highest BCUT2D eigenvalue weighted by atomic mass is 16.1. The largest absolute Gasteiger partial charge is 0.345 e. The smallest absolute Gasteiger partial charge is 0.170 e. The topological polar surface area (TPSA) is 45.8 Å². The van der Waals surface area contributed by atoms with Crippen molar-refractivity contribution in [1.29, 1.82) is 0 Å². The van der Waals surface area contributed by atoms with E-state index in [0.29, 0.717) is 11.6 Å². The maximum Gasteiger partial charge on any atom is 0.170 e. The molecule has 0 aliphatic heterocycles. The Morgan fingerprint density at radius 1 is 1.46 bits per heavy atom. The van der Waals surface area contributed by atoms with Crippen molar-refractivity contribution >= 4 is 6.29 Å². The number of nitrogens with zero attached hydrogens (tertiary/aromatic N) is 1. The van der Waals surface area contributed by atoms with Gasteiger partial charge in [0.25, 0.3) is 0 Å². The number of H-pyrrole nitrogens is 1. The van der Waals surface area contributed by atoms with Crippen molar-refractivity contribution in [3.05, 3.63) is 17.2 Å². The van der Waals surface area contributed by atoms with Crippen LogP contribution in [0.1, 0.15) is 53.6 Å². The molecule has 1 aliphatic carbocycles. The third-order valence-electron chi connectivity index (χ3n) is 2.79. The van der Waals surface area contributed by atoms with E-state index in [1.54, 1.807) is 0 Å². The first-order valence-electron chi connectivity index (χ1n) is 4.83. The number of rotatable bonds is 2. The Labute approximate surface area is 77.6 Å². The Bertz CT molecular complexity index is 311. The van der Waals surface area contributed by atoms with E-state index in [2.05, 4.69) is 9.97 Å². The SMILES string of the molecule is Cc1[nH]c(C2CCCC2)nc1C=O. The summed E-state index contributed by atoms with van der Waals surface area (Å²) < 4.78 is 0. The van der Waals surface area contributed by atoms with Gasteiger partial charge in [-0.25, -0.2) is 4.98 Å². The van der Waals surface area contributed by atoms with Crippen LogP contribution in [0.2, 0.25) is 0 Å². The Hall–Kier alpha value is -1.12. The van der Waals surface area contributed by atoms with Gasteiger partial charge in [0.05, 0.1) is 0 Å². The highest BCUT2D eigenvalue weighted by Crippen LogP contribution is 2.32. The summed E-state index contributed by atoms with van der Waals surface area (Å²) in [4.78, 5) is 18.1. The van der Waals surface area contributed by atoms with Crippen molar-refractivity contribution in [1.82, 2.24) is 9.97 Å². The van der Waals surface area contributed by atoms with Crippen LogP contribution in [0.3, 0.4) is 0 Å². The monoisotopic (exact) mass is 178 g/mol.